The molecule has 0 saturated heterocycles. The Labute approximate surface area is 131 Å². The normalized spacial score (nSPS) is 13.9. The van der Waals surface area contributed by atoms with Crippen LogP contribution in [0.3, 0.4) is 0 Å². The van der Waals surface area contributed by atoms with Crippen LogP contribution < -0.4 is 0 Å². The van der Waals surface area contributed by atoms with E-state index in [0.717, 1.165) is 18.5 Å². The zero-order valence-corrected chi connectivity index (χ0v) is 12.8. The minimum absolute atomic E-state index is 0.0736. The highest BCUT2D eigenvalue weighted by atomic mass is 16.3. The smallest absolute Gasteiger partial charge is 0.103 e. The first-order valence-electron chi connectivity index (χ1n) is 7.87. The fourth-order valence-corrected chi connectivity index (χ4v) is 3.01. The van der Waals surface area contributed by atoms with Crippen LogP contribution >= 0.6 is 0 Å². The number of aliphatic hydroxyl groups excluding tert-OH is 1. The number of aromatic nitrogens is 1. The lowest BCUT2D eigenvalue weighted by molar-refractivity contribution is 0.135. The van der Waals surface area contributed by atoms with Crippen LogP contribution in [0.25, 0.3) is 10.8 Å². The molecule has 2 nitrogen and oxygen atoms in total. The van der Waals surface area contributed by atoms with Gasteiger partial charge in [-0.3, -0.25) is 4.98 Å². The zero-order valence-electron chi connectivity index (χ0n) is 12.8. The van der Waals surface area contributed by atoms with Gasteiger partial charge in [0.25, 0.3) is 0 Å². The molecule has 0 aliphatic heterocycles. The Morgan fingerprint density at radius 1 is 0.955 bits per heavy atom. The maximum atomic E-state index is 10.8. The maximum Gasteiger partial charge on any atom is 0.103 e. The minimum Gasteiger partial charge on any atom is -0.386 e. The SMILES string of the molecule is CCC[C@@H](c1ccc2ccccc2c1)[C@H](O)c1ccccn1. The largest absolute Gasteiger partial charge is 0.386 e. The molecule has 2 aromatic carbocycles. The van der Waals surface area contributed by atoms with Gasteiger partial charge in [0.1, 0.15) is 6.10 Å². The molecule has 0 amide bonds. The van der Waals surface area contributed by atoms with Crippen LogP contribution in [-0.4, -0.2) is 10.1 Å². The number of hydrogen-bond acceptors (Lipinski definition) is 2. The summed E-state index contributed by atoms with van der Waals surface area (Å²) in [4.78, 5) is 4.32. The maximum absolute atomic E-state index is 10.8. The summed E-state index contributed by atoms with van der Waals surface area (Å²) in [7, 11) is 0. The summed E-state index contributed by atoms with van der Waals surface area (Å²) in [5, 5.41) is 13.2. The van der Waals surface area contributed by atoms with Crippen molar-refractivity contribution in [3.63, 3.8) is 0 Å². The van der Waals surface area contributed by atoms with Gasteiger partial charge >= 0.3 is 0 Å². The Hall–Kier alpha value is -2.19. The van der Waals surface area contributed by atoms with Gasteiger partial charge in [0.05, 0.1) is 5.69 Å². The van der Waals surface area contributed by atoms with Crippen molar-refractivity contribution >= 4 is 10.8 Å². The number of rotatable bonds is 5. The average molecular weight is 291 g/mol. The highest BCUT2D eigenvalue weighted by Gasteiger charge is 2.23. The van der Waals surface area contributed by atoms with Crippen molar-refractivity contribution in [1.29, 1.82) is 0 Å². The third-order valence-corrected chi connectivity index (χ3v) is 4.17. The Morgan fingerprint density at radius 2 is 1.73 bits per heavy atom. The van der Waals surface area contributed by atoms with E-state index in [2.05, 4.69) is 48.3 Å². The quantitative estimate of drug-likeness (QED) is 0.728. The van der Waals surface area contributed by atoms with Gasteiger partial charge in [-0.2, -0.15) is 0 Å². The minimum atomic E-state index is -0.567. The van der Waals surface area contributed by atoms with Crippen molar-refractivity contribution in [2.45, 2.75) is 31.8 Å². The van der Waals surface area contributed by atoms with Crippen LogP contribution in [0.5, 0.6) is 0 Å². The van der Waals surface area contributed by atoms with Crippen molar-refractivity contribution in [2.24, 2.45) is 0 Å². The highest BCUT2D eigenvalue weighted by Crippen LogP contribution is 2.35. The Bertz CT molecular complexity index is 739. The third-order valence-electron chi connectivity index (χ3n) is 4.17. The van der Waals surface area contributed by atoms with Crippen LogP contribution in [-0.2, 0) is 0 Å². The molecule has 3 aromatic rings. The first-order chi connectivity index (χ1) is 10.8. The predicted molar refractivity (Wildman–Crippen MR) is 90.8 cm³/mol. The standard InChI is InChI=1S/C20H21NO/c1-2-7-18(20(22)19-10-5-6-13-21-19)17-12-11-15-8-3-4-9-16(15)14-17/h3-6,8-14,18,20,22H,2,7H2,1H3/t18-,20-/m0/s1. The third kappa shape index (κ3) is 3.02. The summed E-state index contributed by atoms with van der Waals surface area (Å²) in [5.74, 6) is 0.0736. The molecular formula is C20H21NO. The first kappa shape index (κ1) is 14.7. The van der Waals surface area contributed by atoms with Crippen LogP contribution in [0.4, 0.5) is 0 Å². The number of aliphatic hydroxyl groups is 1. The van der Waals surface area contributed by atoms with Gasteiger partial charge in [0.15, 0.2) is 0 Å². The molecule has 1 heterocycles. The molecule has 1 aromatic heterocycles. The van der Waals surface area contributed by atoms with Gasteiger partial charge in [-0.25, -0.2) is 0 Å². The van der Waals surface area contributed by atoms with Gasteiger partial charge < -0.3 is 5.11 Å². The van der Waals surface area contributed by atoms with Crippen molar-refractivity contribution in [2.75, 3.05) is 0 Å². The van der Waals surface area contributed by atoms with Gasteiger partial charge in [-0.1, -0.05) is 61.9 Å². The predicted octanol–water partition coefficient (Wildman–Crippen LogP) is 4.85. The van der Waals surface area contributed by atoms with Crippen molar-refractivity contribution in [3.05, 3.63) is 78.1 Å². The van der Waals surface area contributed by atoms with E-state index in [-0.39, 0.29) is 5.92 Å². The lowest BCUT2D eigenvalue weighted by Gasteiger charge is -2.23. The van der Waals surface area contributed by atoms with Gasteiger partial charge in [-0.15, -0.1) is 0 Å². The second-order valence-electron chi connectivity index (χ2n) is 5.70. The van der Waals surface area contributed by atoms with Gasteiger partial charge in [0, 0.05) is 12.1 Å². The lowest BCUT2D eigenvalue weighted by Crippen LogP contribution is -2.12. The molecule has 0 aliphatic rings. The van der Waals surface area contributed by atoms with Crippen LogP contribution in [0.1, 0.15) is 43.0 Å². The monoisotopic (exact) mass is 291 g/mol. The summed E-state index contributed by atoms with van der Waals surface area (Å²) < 4.78 is 0. The molecule has 0 radical (unpaired) electrons. The van der Waals surface area contributed by atoms with E-state index in [1.165, 1.54) is 16.3 Å². The van der Waals surface area contributed by atoms with E-state index < -0.39 is 6.10 Å². The van der Waals surface area contributed by atoms with Gasteiger partial charge in [-0.05, 0) is 34.9 Å². The summed E-state index contributed by atoms with van der Waals surface area (Å²) in [6.45, 7) is 2.15. The van der Waals surface area contributed by atoms with E-state index in [0.29, 0.717) is 0 Å². The molecular weight excluding hydrogens is 270 g/mol. The van der Waals surface area contributed by atoms with Crippen LogP contribution in [0.15, 0.2) is 66.9 Å². The number of benzene rings is 2. The molecule has 0 spiro atoms. The number of fused-ring (bicyclic) bond motifs is 1. The number of nitrogens with zero attached hydrogens (tertiary/aromatic N) is 1. The first-order valence-corrected chi connectivity index (χ1v) is 7.87. The molecule has 1 N–H and O–H groups in total. The molecule has 2 atom stereocenters. The molecule has 22 heavy (non-hydrogen) atoms. The Morgan fingerprint density at radius 3 is 2.45 bits per heavy atom. The summed E-state index contributed by atoms with van der Waals surface area (Å²) in [6, 6.07) is 20.5. The fourth-order valence-electron chi connectivity index (χ4n) is 3.01. The lowest BCUT2D eigenvalue weighted by atomic mass is 9.86. The fraction of sp³-hybridized carbons (Fsp3) is 0.250. The van der Waals surface area contributed by atoms with E-state index in [1.54, 1.807) is 6.20 Å². The Balaban J connectivity index is 1.98. The highest BCUT2D eigenvalue weighted by molar-refractivity contribution is 5.83. The van der Waals surface area contributed by atoms with Gasteiger partial charge in [0.2, 0.25) is 0 Å². The summed E-state index contributed by atoms with van der Waals surface area (Å²) in [6.07, 6.45) is 3.14. The van der Waals surface area contributed by atoms with Crippen molar-refractivity contribution < 1.29 is 5.11 Å². The zero-order chi connectivity index (χ0) is 15.4. The molecule has 0 saturated carbocycles. The second-order valence-corrected chi connectivity index (χ2v) is 5.70. The molecule has 2 heteroatoms. The second kappa shape index (κ2) is 6.71. The van der Waals surface area contributed by atoms with E-state index in [4.69, 9.17) is 0 Å². The summed E-state index contributed by atoms with van der Waals surface area (Å²) >= 11 is 0. The molecule has 112 valence electrons. The van der Waals surface area contributed by atoms with Crippen LogP contribution in [0, 0.1) is 0 Å². The van der Waals surface area contributed by atoms with Crippen molar-refractivity contribution in [3.8, 4) is 0 Å². The molecule has 3 rings (SSSR count). The summed E-state index contributed by atoms with van der Waals surface area (Å²) in [5.41, 5.74) is 1.92. The van der Waals surface area contributed by atoms with E-state index in [9.17, 15) is 5.11 Å². The Kier molecular flexibility index (Phi) is 4.50. The molecule has 0 bridgehead atoms. The average Bonchev–Trinajstić information content (AvgIpc) is 2.59. The molecule has 0 unspecified atom stereocenters. The van der Waals surface area contributed by atoms with Crippen LogP contribution in [0.2, 0.25) is 0 Å². The topological polar surface area (TPSA) is 33.1 Å². The number of hydrogen-bond donors (Lipinski definition) is 1. The molecule has 0 aliphatic carbocycles. The van der Waals surface area contributed by atoms with E-state index >= 15 is 0 Å². The molecule has 0 fully saturated rings. The van der Waals surface area contributed by atoms with Crippen molar-refractivity contribution in [1.82, 2.24) is 4.98 Å². The number of pyridine rings is 1. The van der Waals surface area contributed by atoms with E-state index in [1.807, 2.05) is 24.3 Å².